The predicted octanol–water partition coefficient (Wildman–Crippen LogP) is 1.82. The van der Waals surface area contributed by atoms with E-state index in [-0.39, 0.29) is 6.17 Å². The van der Waals surface area contributed by atoms with Crippen molar-refractivity contribution in [3.8, 4) is 0 Å². The highest BCUT2D eigenvalue weighted by atomic mass is 15.4. The summed E-state index contributed by atoms with van der Waals surface area (Å²) in [5, 5.41) is 0. The average Bonchev–Trinajstić information content (AvgIpc) is 2.55. The van der Waals surface area contributed by atoms with Crippen molar-refractivity contribution in [2.75, 3.05) is 16.8 Å². The number of aliphatic imine (C=N–C) groups is 1. The molecule has 0 aromatic heterocycles. The summed E-state index contributed by atoms with van der Waals surface area (Å²) in [5.41, 5.74) is 2.51. The van der Waals surface area contributed by atoms with Gasteiger partial charge in [-0.1, -0.05) is 12.1 Å². The first-order valence-corrected chi connectivity index (χ1v) is 4.68. The number of hydrogen-bond acceptors (Lipinski definition) is 3. The van der Waals surface area contributed by atoms with Gasteiger partial charge in [0.15, 0.2) is 0 Å². The second-order valence-corrected chi connectivity index (χ2v) is 3.52. The summed E-state index contributed by atoms with van der Waals surface area (Å²) in [6, 6.07) is 8.40. The molecule has 0 aliphatic carbocycles. The van der Waals surface area contributed by atoms with Crippen LogP contribution in [-0.4, -0.2) is 19.4 Å². The van der Waals surface area contributed by atoms with E-state index in [0.717, 1.165) is 0 Å². The summed E-state index contributed by atoms with van der Waals surface area (Å²) in [7, 11) is 2.09. The Hall–Kier alpha value is -1.77. The molecular weight excluding hydrogens is 174 g/mol. The maximum Gasteiger partial charge on any atom is 0.142 e. The van der Waals surface area contributed by atoms with Gasteiger partial charge in [-0.05, 0) is 12.1 Å². The number of hydrogen-bond donors (Lipinski definition) is 0. The van der Waals surface area contributed by atoms with Crippen LogP contribution in [0.5, 0.6) is 0 Å². The second-order valence-electron chi connectivity index (χ2n) is 3.52. The summed E-state index contributed by atoms with van der Waals surface area (Å²) in [4.78, 5) is 8.61. The lowest BCUT2D eigenvalue weighted by molar-refractivity contribution is 0.837. The Labute approximate surface area is 83.0 Å². The molecule has 0 N–H and O–H groups in total. The first-order valence-electron chi connectivity index (χ1n) is 4.68. The van der Waals surface area contributed by atoms with Crippen molar-refractivity contribution in [3.63, 3.8) is 0 Å². The minimum absolute atomic E-state index is 0.248. The molecule has 2 aliphatic rings. The van der Waals surface area contributed by atoms with E-state index in [2.05, 4.69) is 46.1 Å². The molecule has 2 aliphatic heterocycles. The van der Waals surface area contributed by atoms with Crippen molar-refractivity contribution >= 4 is 17.6 Å². The van der Waals surface area contributed by atoms with E-state index in [0.29, 0.717) is 0 Å². The maximum atomic E-state index is 4.16. The van der Waals surface area contributed by atoms with Gasteiger partial charge in [0.25, 0.3) is 0 Å². The molecule has 1 aromatic carbocycles. The third kappa shape index (κ3) is 0.839. The molecule has 0 radical (unpaired) electrons. The highest BCUT2D eigenvalue weighted by molar-refractivity contribution is 5.89. The van der Waals surface area contributed by atoms with Gasteiger partial charge in [0, 0.05) is 25.7 Å². The number of para-hydroxylation sites is 2. The summed E-state index contributed by atoms with van der Waals surface area (Å²) in [6.45, 7) is 0. The first-order chi connectivity index (χ1) is 6.88. The Balaban J connectivity index is 2.17. The van der Waals surface area contributed by atoms with Gasteiger partial charge < -0.3 is 9.80 Å². The van der Waals surface area contributed by atoms with Crippen LogP contribution in [0.2, 0.25) is 0 Å². The summed E-state index contributed by atoms with van der Waals surface area (Å²) in [5.74, 6) is 0. The minimum atomic E-state index is 0.248. The third-order valence-corrected chi connectivity index (χ3v) is 2.75. The Kier molecular flexibility index (Phi) is 1.42. The zero-order chi connectivity index (χ0) is 9.54. The van der Waals surface area contributed by atoms with Crippen LogP contribution in [0.4, 0.5) is 11.4 Å². The van der Waals surface area contributed by atoms with E-state index in [4.69, 9.17) is 0 Å². The van der Waals surface area contributed by atoms with Crippen molar-refractivity contribution in [2.45, 2.75) is 6.17 Å². The maximum absolute atomic E-state index is 4.16. The van der Waals surface area contributed by atoms with Crippen molar-refractivity contribution in [3.05, 3.63) is 36.7 Å². The van der Waals surface area contributed by atoms with E-state index in [9.17, 15) is 0 Å². The molecule has 1 atom stereocenters. The molecule has 1 unspecified atom stereocenters. The molecule has 0 spiro atoms. The molecule has 3 nitrogen and oxygen atoms in total. The highest BCUT2D eigenvalue weighted by Gasteiger charge is 2.31. The normalized spacial score (nSPS) is 22.5. The fourth-order valence-corrected chi connectivity index (χ4v) is 2.03. The fraction of sp³-hybridized carbons (Fsp3) is 0.182. The molecule has 3 rings (SSSR count). The van der Waals surface area contributed by atoms with Crippen LogP contribution in [0, 0.1) is 0 Å². The van der Waals surface area contributed by atoms with Gasteiger partial charge in [-0.15, -0.1) is 0 Å². The van der Waals surface area contributed by atoms with E-state index >= 15 is 0 Å². The second kappa shape index (κ2) is 2.61. The Morgan fingerprint density at radius 2 is 2.00 bits per heavy atom. The Morgan fingerprint density at radius 1 is 1.21 bits per heavy atom. The lowest BCUT2D eigenvalue weighted by atomic mass is 10.2. The largest absolute Gasteiger partial charge is 0.348 e. The summed E-state index contributed by atoms with van der Waals surface area (Å²) >= 11 is 0. The zero-order valence-corrected chi connectivity index (χ0v) is 7.96. The van der Waals surface area contributed by atoms with Crippen LogP contribution < -0.4 is 9.80 Å². The van der Waals surface area contributed by atoms with Crippen molar-refractivity contribution < 1.29 is 0 Å². The lowest BCUT2D eigenvalue weighted by Gasteiger charge is -2.26. The van der Waals surface area contributed by atoms with Crippen molar-refractivity contribution in [1.82, 2.24) is 0 Å². The van der Waals surface area contributed by atoms with Crippen LogP contribution in [0.15, 0.2) is 41.7 Å². The number of fused-ring (bicyclic) bond motifs is 3. The Bertz CT molecular complexity index is 422. The van der Waals surface area contributed by atoms with E-state index < -0.39 is 0 Å². The smallest absolute Gasteiger partial charge is 0.142 e. The molecular formula is C11H11N3. The van der Waals surface area contributed by atoms with Crippen LogP contribution >= 0.6 is 0 Å². The first kappa shape index (κ1) is 7.62. The lowest BCUT2D eigenvalue weighted by Crippen LogP contribution is -2.40. The van der Waals surface area contributed by atoms with E-state index in [1.54, 1.807) is 0 Å². The molecule has 2 heterocycles. The van der Waals surface area contributed by atoms with Gasteiger partial charge in [-0.25, -0.2) is 0 Å². The van der Waals surface area contributed by atoms with Crippen LogP contribution in [0.1, 0.15) is 0 Å². The molecule has 0 bridgehead atoms. The van der Waals surface area contributed by atoms with Crippen molar-refractivity contribution in [2.24, 2.45) is 4.99 Å². The number of rotatable bonds is 0. The monoisotopic (exact) mass is 185 g/mol. The zero-order valence-electron chi connectivity index (χ0n) is 7.96. The van der Waals surface area contributed by atoms with Gasteiger partial charge in [-0.3, -0.25) is 4.99 Å². The van der Waals surface area contributed by atoms with Crippen LogP contribution in [0.25, 0.3) is 0 Å². The standard InChI is InChI=1S/C11H11N3/c1-13-9-4-2-3-5-10(9)14-7-6-12-8-11(13)14/h2-8,11H,1H3. The molecule has 0 saturated heterocycles. The quantitative estimate of drug-likeness (QED) is 0.614. The summed E-state index contributed by atoms with van der Waals surface area (Å²) < 4.78 is 0. The molecule has 3 heteroatoms. The molecule has 0 fully saturated rings. The SMILES string of the molecule is CN1c2ccccc2N2C=CN=CC12. The van der Waals surface area contributed by atoms with E-state index in [1.807, 2.05) is 18.6 Å². The fourth-order valence-electron chi connectivity index (χ4n) is 2.03. The summed E-state index contributed by atoms with van der Waals surface area (Å²) in [6.07, 6.45) is 6.05. The topological polar surface area (TPSA) is 18.8 Å². The van der Waals surface area contributed by atoms with Gasteiger partial charge in [0.05, 0.1) is 11.4 Å². The van der Waals surface area contributed by atoms with Crippen LogP contribution in [-0.2, 0) is 0 Å². The molecule has 70 valence electrons. The van der Waals surface area contributed by atoms with Gasteiger partial charge >= 0.3 is 0 Å². The van der Waals surface area contributed by atoms with Gasteiger partial charge in [0.1, 0.15) is 6.17 Å². The molecule has 1 aromatic rings. The third-order valence-electron chi connectivity index (χ3n) is 2.75. The average molecular weight is 185 g/mol. The van der Waals surface area contributed by atoms with Gasteiger partial charge in [-0.2, -0.15) is 0 Å². The van der Waals surface area contributed by atoms with Crippen LogP contribution in [0.3, 0.4) is 0 Å². The number of benzene rings is 1. The predicted molar refractivity (Wildman–Crippen MR) is 58.7 cm³/mol. The molecule has 14 heavy (non-hydrogen) atoms. The van der Waals surface area contributed by atoms with Crippen molar-refractivity contribution in [1.29, 1.82) is 0 Å². The number of anilines is 2. The van der Waals surface area contributed by atoms with E-state index in [1.165, 1.54) is 11.4 Å². The van der Waals surface area contributed by atoms with Gasteiger partial charge in [0.2, 0.25) is 0 Å². The Morgan fingerprint density at radius 3 is 2.86 bits per heavy atom. The molecule has 0 saturated carbocycles. The minimum Gasteiger partial charge on any atom is -0.348 e. The highest BCUT2D eigenvalue weighted by Crippen LogP contribution is 2.38. The molecule has 0 amide bonds. The number of nitrogens with zero attached hydrogens (tertiary/aromatic N) is 3.